The highest BCUT2D eigenvalue weighted by Gasteiger charge is 2.78. The maximum Gasteiger partial charge on any atom is 0.303 e. The summed E-state index contributed by atoms with van der Waals surface area (Å²) in [5.41, 5.74) is -2.95. The van der Waals surface area contributed by atoms with Crippen LogP contribution in [0.4, 0.5) is 0 Å². The van der Waals surface area contributed by atoms with Gasteiger partial charge in [0.05, 0.1) is 17.6 Å². The van der Waals surface area contributed by atoms with Gasteiger partial charge < -0.3 is 24.8 Å². The fraction of sp³-hybridized carbons (Fsp3) is 0.792. The minimum Gasteiger partial charge on any atom is -0.462 e. The molecule has 8 nitrogen and oxygen atoms in total. The molecule has 4 fully saturated rings. The summed E-state index contributed by atoms with van der Waals surface area (Å²) in [5.74, 6) is -3.16. The fourth-order valence-electron chi connectivity index (χ4n) is 8.13. The molecule has 8 heteroatoms. The molecule has 0 aliphatic heterocycles. The average molecular weight is 451 g/mol. The van der Waals surface area contributed by atoms with Crippen LogP contribution >= 0.6 is 0 Å². The Morgan fingerprint density at radius 3 is 2.16 bits per heavy atom. The summed E-state index contributed by atoms with van der Waals surface area (Å²) in [6, 6.07) is 0. The van der Waals surface area contributed by atoms with Gasteiger partial charge in [-0.05, 0) is 24.3 Å². The second-order valence-electron chi connectivity index (χ2n) is 11.1. The Hall–Kier alpha value is -1.77. The van der Waals surface area contributed by atoms with E-state index in [9.17, 15) is 29.7 Å². The molecule has 0 amide bonds. The third-order valence-corrected chi connectivity index (χ3v) is 9.16. The minimum absolute atomic E-state index is 0.111. The Morgan fingerprint density at radius 1 is 1.00 bits per heavy atom. The molecule has 0 saturated heterocycles. The zero-order valence-corrected chi connectivity index (χ0v) is 19.3. The molecule has 4 rings (SSSR count). The second-order valence-corrected chi connectivity index (χ2v) is 11.1. The molecule has 0 radical (unpaired) electrons. The van der Waals surface area contributed by atoms with Gasteiger partial charge in [-0.3, -0.25) is 14.4 Å². The molecular weight excluding hydrogens is 416 g/mol. The van der Waals surface area contributed by atoms with Gasteiger partial charge in [-0.2, -0.15) is 0 Å². The molecular formula is C24H34O8. The molecule has 0 heterocycles. The van der Waals surface area contributed by atoms with Gasteiger partial charge in [0.25, 0.3) is 0 Å². The van der Waals surface area contributed by atoms with Crippen molar-refractivity contribution in [2.45, 2.75) is 84.4 Å². The molecule has 32 heavy (non-hydrogen) atoms. The van der Waals surface area contributed by atoms with E-state index in [-0.39, 0.29) is 18.1 Å². The number of hydrogen-bond donors (Lipinski definition) is 3. The first kappa shape index (κ1) is 23.4. The summed E-state index contributed by atoms with van der Waals surface area (Å²) < 4.78 is 11.2. The number of Topliss-reactive ketones (excluding diaryl/α,β-unsaturated/α-hetero) is 1. The lowest BCUT2D eigenvalue weighted by atomic mass is 9.38. The van der Waals surface area contributed by atoms with Crippen molar-refractivity contribution in [3.8, 4) is 0 Å². The maximum atomic E-state index is 13.6. The largest absolute Gasteiger partial charge is 0.462 e. The van der Waals surface area contributed by atoms with E-state index in [2.05, 4.69) is 6.58 Å². The van der Waals surface area contributed by atoms with Crippen LogP contribution in [0.2, 0.25) is 0 Å². The number of fused-ring (bicyclic) bond motifs is 3. The van der Waals surface area contributed by atoms with Crippen molar-refractivity contribution in [1.29, 1.82) is 0 Å². The highest BCUT2D eigenvalue weighted by molar-refractivity contribution is 6.03. The number of hydrogen-bond acceptors (Lipinski definition) is 8. The molecule has 1 spiro atoms. The van der Waals surface area contributed by atoms with Gasteiger partial charge in [0.15, 0.2) is 5.78 Å². The monoisotopic (exact) mass is 450 g/mol. The van der Waals surface area contributed by atoms with Crippen molar-refractivity contribution in [3.63, 3.8) is 0 Å². The summed E-state index contributed by atoms with van der Waals surface area (Å²) in [6.45, 7) is 12.0. The van der Waals surface area contributed by atoms with E-state index in [0.717, 1.165) is 0 Å². The number of ether oxygens (including phenoxy) is 2. The van der Waals surface area contributed by atoms with Crippen molar-refractivity contribution in [2.75, 3.05) is 0 Å². The lowest BCUT2D eigenvalue weighted by molar-refractivity contribution is -0.306. The number of allylic oxidation sites excluding steroid dienone is 1. The second kappa shape index (κ2) is 7.11. The van der Waals surface area contributed by atoms with E-state index in [1.807, 2.05) is 13.8 Å². The van der Waals surface area contributed by atoms with Crippen molar-refractivity contribution < 1.29 is 39.2 Å². The Bertz CT molecular complexity index is 879. The third kappa shape index (κ3) is 2.75. The lowest BCUT2D eigenvalue weighted by Gasteiger charge is -2.68. The summed E-state index contributed by atoms with van der Waals surface area (Å²) in [5, 5.41) is 34.5. The van der Waals surface area contributed by atoms with Gasteiger partial charge in [-0.1, -0.05) is 27.4 Å². The van der Waals surface area contributed by atoms with Gasteiger partial charge in [-0.15, -0.1) is 0 Å². The van der Waals surface area contributed by atoms with Gasteiger partial charge in [0.2, 0.25) is 0 Å². The lowest BCUT2D eigenvalue weighted by Crippen LogP contribution is -2.76. The standard InChI is InChI=1S/C24H34O8/c1-10-13-7-14(27)18-23(6)15(28)8-16(31-11(2)25)22(4,5)19(23)17(32-12(3)26)21(30)24(18,9-13)20(10)29/h13-19,21,27-28,30H,1,7-9H2,2-6H3/t13-,14+,15+,16+,17-,18+,19-,21+,23-,24+/m1/s1. The summed E-state index contributed by atoms with van der Waals surface area (Å²) in [4.78, 5) is 37.5. The Labute approximate surface area is 188 Å². The fourth-order valence-corrected chi connectivity index (χ4v) is 8.13. The molecule has 4 aliphatic rings. The van der Waals surface area contributed by atoms with E-state index >= 15 is 0 Å². The van der Waals surface area contributed by atoms with Crippen LogP contribution in [0.15, 0.2) is 12.2 Å². The van der Waals surface area contributed by atoms with Crippen LogP contribution in [0.25, 0.3) is 0 Å². The van der Waals surface area contributed by atoms with Gasteiger partial charge in [0.1, 0.15) is 18.3 Å². The SMILES string of the molecule is C=C1C(=O)[C@]23C[C@H]1C[C@H](O)[C@H]2[C@]1(C)[C@H]([C@@H](OC(C)=O)[C@@H]3O)C(C)(C)[C@@H](OC(C)=O)C[C@@H]1O. The molecule has 10 atom stereocenters. The third-order valence-electron chi connectivity index (χ3n) is 9.16. The van der Waals surface area contributed by atoms with Gasteiger partial charge >= 0.3 is 11.9 Å². The van der Waals surface area contributed by atoms with Crippen molar-refractivity contribution in [1.82, 2.24) is 0 Å². The summed E-state index contributed by atoms with van der Waals surface area (Å²) >= 11 is 0. The van der Waals surface area contributed by atoms with Gasteiger partial charge in [0, 0.05) is 42.9 Å². The number of aliphatic hydroxyl groups excluding tert-OH is 3. The van der Waals surface area contributed by atoms with Crippen LogP contribution < -0.4 is 0 Å². The number of ketones is 1. The van der Waals surface area contributed by atoms with Crippen LogP contribution in [0.3, 0.4) is 0 Å². The average Bonchev–Trinajstić information content (AvgIpc) is 2.85. The Kier molecular flexibility index (Phi) is 5.20. The maximum absolute atomic E-state index is 13.6. The first-order valence-electron chi connectivity index (χ1n) is 11.3. The first-order valence-corrected chi connectivity index (χ1v) is 11.3. The Morgan fingerprint density at radius 2 is 1.59 bits per heavy atom. The molecule has 3 N–H and O–H groups in total. The van der Waals surface area contributed by atoms with Crippen molar-refractivity contribution in [3.05, 3.63) is 12.2 Å². The molecule has 0 unspecified atom stereocenters. The number of carbonyl (C=O) groups excluding carboxylic acids is 3. The van der Waals surface area contributed by atoms with Crippen molar-refractivity contribution in [2.24, 2.45) is 34.0 Å². The Balaban J connectivity index is 1.95. The van der Waals surface area contributed by atoms with Crippen LogP contribution in [-0.4, -0.2) is 63.6 Å². The van der Waals surface area contributed by atoms with Crippen molar-refractivity contribution >= 4 is 17.7 Å². The highest BCUT2D eigenvalue weighted by atomic mass is 16.6. The normalized spacial score (nSPS) is 49.1. The molecule has 0 aromatic carbocycles. The molecule has 0 aromatic rings. The zero-order valence-electron chi connectivity index (χ0n) is 19.3. The highest BCUT2D eigenvalue weighted by Crippen LogP contribution is 2.71. The molecule has 4 saturated carbocycles. The quantitative estimate of drug-likeness (QED) is 0.422. The zero-order chi connectivity index (χ0) is 24.0. The summed E-state index contributed by atoms with van der Waals surface area (Å²) in [6.07, 6.45) is -4.49. The van der Waals surface area contributed by atoms with Crippen LogP contribution in [0.1, 0.15) is 53.9 Å². The van der Waals surface area contributed by atoms with E-state index < -0.39 is 70.5 Å². The topological polar surface area (TPSA) is 130 Å². The molecule has 4 aliphatic carbocycles. The van der Waals surface area contributed by atoms with E-state index in [4.69, 9.17) is 9.47 Å². The number of rotatable bonds is 2. The van der Waals surface area contributed by atoms with Crippen LogP contribution in [0.5, 0.6) is 0 Å². The predicted octanol–water partition coefficient (Wildman–Crippen LogP) is 1.15. The smallest absolute Gasteiger partial charge is 0.303 e. The van der Waals surface area contributed by atoms with E-state index in [0.29, 0.717) is 18.4 Å². The minimum atomic E-state index is -1.39. The number of aliphatic hydroxyl groups is 3. The van der Waals surface area contributed by atoms with Gasteiger partial charge in [-0.25, -0.2) is 0 Å². The van der Waals surface area contributed by atoms with E-state index in [1.54, 1.807) is 6.92 Å². The first-order chi connectivity index (χ1) is 14.7. The molecule has 2 bridgehead atoms. The predicted molar refractivity (Wildman–Crippen MR) is 112 cm³/mol. The number of esters is 2. The number of carbonyl (C=O) groups is 3. The van der Waals surface area contributed by atoms with Crippen LogP contribution in [-0.2, 0) is 23.9 Å². The molecule has 0 aromatic heterocycles. The van der Waals surface area contributed by atoms with Crippen LogP contribution in [0, 0.1) is 34.0 Å². The molecule has 178 valence electrons. The van der Waals surface area contributed by atoms with E-state index in [1.165, 1.54) is 13.8 Å². The summed E-state index contributed by atoms with van der Waals surface area (Å²) in [7, 11) is 0.